The summed E-state index contributed by atoms with van der Waals surface area (Å²) in [5.41, 5.74) is 0. The minimum atomic E-state index is -3.68. The van der Waals surface area contributed by atoms with Crippen LogP contribution in [0.3, 0.4) is 0 Å². The Morgan fingerprint density at radius 3 is 1.62 bits per heavy atom. The van der Waals surface area contributed by atoms with Crippen LogP contribution in [0.1, 0.15) is 47.0 Å². The highest BCUT2D eigenvalue weighted by atomic mass is 28.4. The van der Waals surface area contributed by atoms with Crippen molar-refractivity contribution in [2.45, 2.75) is 53.0 Å². The summed E-state index contributed by atoms with van der Waals surface area (Å²) in [6, 6.07) is 0.151. The van der Waals surface area contributed by atoms with Crippen molar-refractivity contribution in [1.82, 2.24) is 0 Å². The monoisotopic (exact) mass is 320 g/mol. The molecular weight excluding hydrogens is 296 g/mol. The summed E-state index contributed by atoms with van der Waals surface area (Å²) in [6.07, 6.45) is 2.46. The second kappa shape index (κ2) is 10.3. The normalized spacial score (nSPS) is 10.9. The third-order valence-corrected chi connectivity index (χ3v) is 5.07. The van der Waals surface area contributed by atoms with E-state index >= 15 is 0 Å². The first-order valence-electron chi connectivity index (χ1n) is 6.98. The Labute approximate surface area is 126 Å². The molecule has 0 amide bonds. The fourth-order valence-electron chi connectivity index (χ4n) is 1.61. The van der Waals surface area contributed by atoms with Crippen molar-refractivity contribution in [2.24, 2.45) is 0 Å². The molecule has 0 heterocycles. The molecule has 0 aliphatic carbocycles. The number of ether oxygens (including phenoxy) is 1. The standard InChI is InChI=1S/C13H24O7Si/c1-5-6-8-17-9-7-10-21(18-11(2)14,19-12(3)15)20-13(4)16/h5-10H2,1-4H3. The van der Waals surface area contributed by atoms with E-state index in [1.165, 1.54) is 20.8 Å². The second-order valence-corrected chi connectivity index (χ2v) is 7.01. The van der Waals surface area contributed by atoms with Crippen LogP contribution >= 0.6 is 0 Å². The SMILES string of the molecule is CCCCOCCC[Si](OC(C)=O)(OC(C)=O)OC(C)=O. The highest BCUT2D eigenvalue weighted by Gasteiger charge is 2.51. The molecule has 122 valence electrons. The number of carbonyl (C=O) groups is 3. The first kappa shape index (κ1) is 19.6. The Hall–Kier alpha value is -1.41. The molecule has 0 aromatic carbocycles. The zero-order chi connectivity index (χ0) is 16.3. The minimum absolute atomic E-state index is 0.151. The van der Waals surface area contributed by atoms with Gasteiger partial charge in [-0.3, -0.25) is 14.4 Å². The molecule has 0 saturated heterocycles. The Kier molecular flexibility index (Phi) is 9.64. The molecule has 21 heavy (non-hydrogen) atoms. The lowest BCUT2D eigenvalue weighted by Gasteiger charge is -2.26. The lowest BCUT2D eigenvalue weighted by Crippen LogP contribution is -2.49. The van der Waals surface area contributed by atoms with Gasteiger partial charge in [-0.1, -0.05) is 13.3 Å². The molecule has 7 nitrogen and oxygen atoms in total. The van der Waals surface area contributed by atoms with Crippen LogP contribution in [0.4, 0.5) is 0 Å². The van der Waals surface area contributed by atoms with Gasteiger partial charge in [0, 0.05) is 34.0 Å². The molecule has 0 aromatic heterocycles. The van der Waals surface area contributed by atoms with Crippen molar-refractivity contribution < 1.29 is 32.4 Å². The highest BCUT2D eigenvalue weighted by Crippen LogP contribution is 2.19. The first-order valence-corrected chi connectivity index (χ1v) is 8.91. The summed E-state index contributed by atoms with van der Waals surface area (Å²) in [6.45, 7) is 6.63. The largest absolute Gasteiger partial charge is 0.705 e. The van der Waals surface area contributed by atoms with E-state index in [4.69, 9.17) is 18.0 Å². The Morgan fingerprint density at radius 2 is 1.24 bits per heavy atom. The van der Waals surface area contributed by atoms with Crippen LogP contribution in [0.25, 0.3) is 0 Å². The van der Waals surface area contributed by atoms with Crippen molar-refractivity contribution in [2.75, 3.05) is 13.2 Å². The predicted octanol–water partition coefficient (Wildman–Crippen LogP) is 1.82. The van der Waals surface area contributed by atoms with Gasteiger partial charge >= 0.3 is 8.80 Å². The molecule has 8 heteroatoms. The Morgan fingerprint density at radius 1 is 0.810 bits per heavy atom. The maximum absolute atomic E-state index is 11.2. The summed E-state index contributed by atoms with van der Waals surface area (Å²) in [4.78, 5) is 33.6. The third kappa shape index (κ3) is 10.0. The number of hydrogen-bond acceptors (Lipinski definition) is 7. The van der Waals surface area contributed by atoms with Gasteiger partial charge in [0.25, 0.3) is 17.9 Å². The summed E-state index contributed by atoms with van der Waals surface area (Å²) < 4.78 is 20.5. The van der Waals surface area contributed by atoms with Crippen molar-refractivity contribution in [1.29, 1.82) is 0 Å². The van der Waals surface area contributed by atoms with Crippen molar-refractivity contribution in [3.05, 3.63) is 0 Å². The van der Waals surface area contributed by atoms with Gasteiger partial charge < -0.3 is 18.0 Å². The molecule has 0 aromatic rings. The molecule has 0 aliphatic heterocycles. The van der Waals surface area contributed by atoms with Gasteiger partial charge in [0.1, 0.15) is 0 Å². The maximum atomic E-state index is 11.2. The number of hydrogen-bond donors (Lipinski definition) is 0. The maximum Gasteiger partial charge on any atom is 0.705 e. The van der Waals surface area contributed by atoms with Gasteiger partial charge in [-0.15, -0.1) is 0 Å². The van der Waals surface area contributed by atoms with Crippen LogP contribution in [-0.4, -0.2) is 39.9 Å². The predicted molar refractivity (Wildman–Crippen MR) is 76.2 cm³/mol. The van der Waals surface area contributed by atoms with Crippen LogP contribution in [0.15, 0.2) is 0 Å². The van der Waals surface area contributed by atoms with E-state index in [2.05, 4.69) is 6.92 Å². The van der Waals surface area contributed by atoms with E-state index in [1.54, 1.807) is 0 Å². The molecule has 0 bridgehead atoms. The van der Waals surface area contributed by atoms with E-state index < -0.39 is 26.7 Å². The van der Waals surface area contributed by atoms with Crippen molar-refractivity contribution in [3.8, 4) is 0 Å². The fraction of sp³-hybridized carbons (Fsp3) is 0.769. The molecule has 0 atom stereocenters. The lowest BCUT2D eigenvalue weighted by atomic mass is 10.4. The average molecular weight is 320 g/mol. The molecule has 0 N–H and O–H groups in total. The summed E-state index contributed by atoms with van der Waals surface area (Å²) in [5.74, 6) is -1.97. The zero-order valence-corrected chi connectivity index (χ0v) is 14.1. The van der Waals surface area contributed by atoms with Gasteiger partial charge in [-0.25, -0.2) is 0 Å². The second-order valence-electron chi connectivity index (χ2n) is 4.53. The molecule has 0 saturated carbocycles. The Balaban J connectivity index is 4.62. The summed E-state index contributed by atoms with van der Waals surface area (Å²) in [5, 5.41) is 0. The van der Waals surface area contributed by atoms with Crippen LogP contribution in [-0.2, 0) is 32.4 Å². The topological polar surface area (TPSA) is 88.1 Å². The quantitative estimate of drug-likeness (QED) is 0.448. The smallest absolute Gasteiger partial charge is 0.455 e. The molecule has 0 spiro atoms. The van der Waals surface area contributed by atoms with Crippen LogP contribution in [0.2, 0.25) is 6.04 Å². The molecule has 0 radical (unpaired) electrons. The minimum Gasteiger partial charge on any atom is -0.455 e. The van der Waals surface area contributed by atoms with Gasteiger partial charge in [0.05, 0.1) is 6.04 Å². The van der Waals surface area contributed by atoms with Gasteiger partial charge in [0.2, 0.25) is 0 Å². The zero-order valence-electron chi connectivity index (χ0n) is 13.1. The Bertz CT molecular complexity index is 316. The van der Waals surface area contributed by atoms with E-state index in [9.17, 15) is 14.4 Å². The van der Waals surface area contributed by atoms with Crippen molar-refractivity contribution >= 4 is 26.7 Å². The lowest BCUT2D eigenvalue weighted by molar-refractivity contribution is -0.147. The van der Waals surface area contributed by atoms with Gasteiger partial charge in [-0.05, 0) is 12.8 Å². The first-order chi connectivity index (χ1) is 9.81. The van der Waals surface area contributed by atoms with Gasteiger partial charge in [0.15, 0.2) is 0 Å². The molecular formula is C13H24O7Si. The summed E-state index contributed by atoms with van der Waals surface area (Å²) >= 11 is 0. The molecule has 0 fully saturated rings. The fourth-order valence-corrected chi connectivity index (χ4v) is 3.93. The number of unbranched alkanes of at least 4 members (excludes halogenated alkanes) is 1. The third-order valence-electron chi connectivity index (χ3n) is 2.31. The van der Waals surface area contributed by atoms with Gasteiger partial charge in [-0.2, -0.15) is 0 Å². The van der Waals surface area contributed by atoms with E-state index in [0.29, 0.717) is 19.6 Å². The van der Waals surface area contributed by atoms with E-state index in [1.807, 2.05) is 0 Å². The average Bonchev–Trinajstić information content (AvgIpc) is 2.30. The van der Waals surface area contributed by atoms with Crippen molar-refractivity contribution in [3.63, 3.8) is 0 Å². The summed E-state index contributed by atoms with van der Waals surface area (Å²) in [7, 11) is -3.68. The van der Waals surface area contributed by atoms with Crippen LogP contribution in [0.5, 0.6) is 0 Å². The van der Waals surface area contributed by atoms with E-state index in [0.717, 1.165) is 12.8 Å². The van der Waals surface area contributed by atoms with Crippen LogP contribution < -0.4 is 0 Å². The molecule has 0 aliphatic rings. The highest BCUT2D eigenvalue weighted by molar-refractivity contribution is 6.65. The molecule has 0 rings (SSSR count). The van der Waals surface area contributed by atoms with E-state index in [-0.39, 0.29) is 6.04 Å². The number of carbonyl (C=O) groups excluding carboxylic acids is 3. The van der Waals surface area contributed by atoms with Crippen LogP contribution in [0, 0.1) is 0 Å². The number of rotatable bonds is 10. The molecule has 0 unspecified atom stereocenters.